The molecule has 5 nitrogen and oxygen atoms in total. The second kappa shape index (κ2) is 11.1. The molecular weight excluding hydrogens is 387 g/mol. The second-order valence-electron chi connectivity index (χ2n) is 6.11. The van der Waals surface area contributed by atoms with Gasteiger partial charge in [0.1, 0.15) is 5.47 Å². The van der Waals surface area contributed by atoms with Gasteiger partial charge in [-0.1, -0.05) is 24.6 Å². The monoisotopic (exact) mass is 420 g/mol. The molecule has 1 unspecified atom stereocenters. The van der Waals surface area contributed by atoms with Crippen LogP contribution >= 0.6 is 17.7 Å². The fourth-order valence-corrected chi connectivity index (χ4v) is 7.58. The lowest BCUT2D eigenvalue weighted by Crippen LogP contribution is -2.36. The third-order valence-electron chi connectivity index (χ3n) is 4.54. The molecule has 0 radical (unpaired) electrons. The highest BCUT2D eigenvalue weighted by atomic mass is 32.9. The molecule has 0 saturated carbocycles. The summed E-state index contributed by atoms with van der Waals surface area (Å²) in [6, 6.07) is 1.78. The fraction of sp³-hybridized carbons (Fsp3) is 1.00. The Labute approximate surface area is 154 Å². The van der Waals surface area contributed by atoms with Gasteiger partial charge in [0.2, 0.25) is 0 Å². The summed E-state index contributed by atoms with van der Waals surface area (Å²) in [6.45, 7) is 4.10. The molecule has 1 atom stereocenters. The molecule has 140 valence electrons. The van der Waals surface area contributed by atoms with Crippen molar-refractivity contribution in [3.05, 3.63) is 0 Å². The Morgan fingerprint density at radius 2 is 1.22 bits per heavy atom. The quantitative estimate of drug-likeness (QED) is 0.268. The molecule has 0 saturated heterocycles. The van der Waals surface area contributed by atoms with Crippen molar-refractivity contribution >= 4 is 46.6 Å². The van der Waals surface area contributed by atoms with Gasteiger partial charge < -0.3 is 22.6 Å². The third kappa shape index (κ3) is 9.48. The number of rotatable bonds is 13. The van der Waals surface area contributed by atoms with E-state index in [2.05, 4.69) is 12.2 Å². The SMILES string of the molecule is CO[Si](C)(CCCC(CCC[Si](C)(OC)OC)P(O)(=S)S)OC. The minimum Gasteiger partial charge on any atom is -0.398 e. The highest BCUT2D eigenvalue weighted by Crippen LogP contribution is 2.55. The largest absolute Gasteiger partial charge is 0.398 e. The van der Waals surface area contributed by atoms with Crippen LogP contribution in [0.3, 0.4) is 0 Å². The average Bonchev–Trinajstić information content (AvgIpc) is 2.51. The van der Waals surface area contributed by atoms with Crippen LogP contribution in [-0.4, -0.2) is 56.1 Å². The van der Waals surface area contributed by atoms with Gasteiger partial charge in [-0.25, -0.2) is 0 Å². The Kier molecular flexibility index (Phi) is 11.6. The minimum absolute atomic E-state index is 0.0553. The van der Waals surface area contributed by atoms with Gasteiger partial charge in [-0.05, 0) is 38.0 Å². The topological polar surface area (TPSA) is 57.2 Å². The Morgan fingerprint density at radius 3 is 1.43 bits per heavy atom. The maximum atomic E-state index is 10.3. The Bertz CT molecular complexity index is 351. The first-order valence-corrected chi connectivity index (χ1v) is 16.8. The second-order valence-corrected chi connectivity index (χ2v) is 19.5. The first-order valence-electron chi connectivity index (χ1n) is 7.81. The molecule has 10 heteroatoms. The third-order valence-corrected chi connectivity index (χ3v) is 13.9. The van der Waals surface area contributed by atoms with E-state index in [1.54, 1.807) is 28.4 Å². The lowest BCUT2D eigenvalue weighted by atomic mass is 10.1. The fourth-order valence-electron chi connectivity index (χ4n) is 2.37. The zero-order valence-corrected chi connectivity index (χ0v) is 19.8. The summed E-state index contributed by atoms with van der Waals surface area (Å²) in [5.74, 6) is 0. The van der Waals surface area contributed by atoms with E-state index in [1.165, 1.54) is 0 Å². The Balaban J connectivity index is 4.48. The van der Waals surface area contributed by atoms with E-state index in [4.69, 9.17) is 29.5 Å². The van der Waals surface area contributed by atoms with Crippen molar-refractivity contribution in [3.63, 3.8) is 0 Å². The number of thiol groups is 1. The van der Waals surface area contributed by atoms with Crippen molar-refractivity contribution in [1.29, 1.82) is 0 Å². The molecule has 23 heavy (non-hydrogen) atoms. The van der Waals surface area contributed by atoms with Crippen LogP contribution in [0.1, 0.15) is 25.7 Å². The molecule has 0 aliphatic heterocycles. The lowest BCUT2D eigenvalue weighted by Gasteiger charge is -2.27. The van der Waals surface area contributed by atoms with Crippen LogP contribution < -0.4 is 0 Å². The molecule has 0 rings (SSSR count). The summed E-state index contributed by atoms with van der Waals surface area (Å²) in [5, 5.41) is 0. The zero-order valence-electron chi connectivity index (χ0n) is 15.2. The summed E-state index contributed by atoms with van der Waals surface area (Å²) in [4.78, 5) is 10.3. The van der Waals surface area contributed by atoms with E-state index >= 15 is 0 Å². The smallest absolute Gasteiger partial charge is 0.334 e. The number of hydrogen-bond donors (Lipinski definition) is 2. The van der Waals surface area contributed by atoms with Gasteiger partial charge in [-0.2, -0.15) is 0 Å². The van der Waals surface area contributed by atoms with Crippen LogP contribution in [0, 0.1) is 0 Å². The van der Waals surface area contributed by atoms with Crippen molar-refractivity contribution < 1.29 is 22.6 Å². The number of hydrogen-bond acceptors (Lipinski definition) is 5. The average molecular weight is 421 g/mol. The molecule has 0 aromatic carbocycles. The van der Waals surface area contributed by atoms with Crippen LogP contribution in [0.5, 0.6) is 0 Å². The summed E-state index contributed by atoms with van der Waals surface area (Å²) in [7, 11) is 2.68. The predicted octanol–water partition coefficient (Wildman–Crippen LogP) is 3.88. The van der Waals surface area contributed by atoms with Gasteiger partial charge in [0.15, 0.2) is 0 Å². The van der Waals surface area contributed by atoms with Crippen LogP contribution in [0.15, 0.2) is 0 Å². The standard InChI is InChI=1S/C13H33O5PS2Si2/c1-15-22(5,16-2)11-7-9-13(19(14,20)21)10-8-12-23(6,17-3)18-4/h13H,7-12H2,1-6H3,(H2,14,20,21). The van der Waals surface area contributed by atoms with Crippen LogP contribution in [0.4, 0.5) is 0 Å². The summed E-state index contributed by atoms with van der Waals surface area (Å²) in [5.41, 5.74) is -2.52. The molecule has 0 fully saturated rings. The molecule has 0 amide bonds. The van der Waals surface area contributed by atoms with Crippen LogP contribution in [0.25, 0.3) is 0 Å². The zero-order chi connectivity index (χ0) is 18.1. The van der Waals surface area contributed by atoms with E-state index in [9.17, 15) is 4.89 Å². The van der Waals surface area contributed by atoms with E-state index in [0.717, 1.165) is 37.8 Å². The van der Waals surface area contributed by atoms with Gasteiger partial charge in [0.25, 0.3) is 0 Å². The summed E-state index contributed by atoms with van der Waals surface area (Å²) < 4.78 is 22.0. The molecular formula is C13H33O5PS2Si2. The van der Waals surface area contributed by atoms with Crippen molar-refractivity contribution in [2.45, 2.75) is 56.5 Å². The Hall–Kier alpha value is 1.23. The lowest BCUT2D eigenvalue weighted by molar-refractivity contribution is 0.247. The van der Waals surface area contributed by atoms with Crippen molar-refractivity contribution in [2.24, 2.45) is 0 Å². The molecule has 0 aromatic heterocycles. The molecule has 0 heterocycles. The van der Waals surface area contributed by atoms with Gasteiger partial charge in [0, 0.05) is 34.1 Å². The maximum Gasteiger partial charge on any atom is 0.334 e. The minimum atomic E-state index is -2.58. The van der Waals surface area contributed by atoms with Gasteiger partial charge in [-0.3, -0.25) is 0 Å². The van der Waals surface area contributed by atoms with E-state index < -0.39 is 22.6 Å². The summed E-state index contributed by atoms with van der Waals surface area (Å²) >= 11 is 9.57. The molecule has 1 N–H and O–H groups in total. The first kappa shape index (κ1) is 24.2. The predicted molar refractivity (Wildman–Crippen MR) is 109 cm³/mol. The van der Waals surface area contributed by atoms with Crippen molar-refractivity contribution in [1.82, 2.24) is 0 Å². The van der Waals surface area contributed by atoms with E-state index in [-0.39, 0.29) is 5.66 Å². The molecule has 0 aliphatic carbocycles. The molecule has 0 spiro atoms. The highest BCUT2D eigenvalue weighted by Gasteiger charge is 2.32. The van der Waals surface area contributed by atoms with E-state index in [0.29, 0.717) is 0 Å². The van der Waals surface area contributed by atoms with Crippen molar-refractivity contribution in [3.8, 4) is 0 Å². The van der Waals surface area contributed by atoms with Crippen molar-refractivity contribution in [2.75, 3.05) is 28.4 Å². The Morgan fingerprint density at radius 1 is 0.913 bits per heavy atom. The molecule has 0 aliphatic rings. The van der Waals surface area contributed by atoms with Crippen LogP contribution in [-0.2, 0) is 29.5 Å². The first-order chi connectivity index (χ1) is 10.6. The normalized spacial score (nSPS) is 15.9. The van der Waals surface area contributed by atoms with E-state index in [1.807, 2.05) is 13.1 Å². The summed E-state index contributed by atoms with van der Waals surface area (Å²) in [6.07, 6.45) is 3.56. The molecule has 0 bridgehead atoms. The highest BCUT2D eigenvalue weighted by molar-refractivity contribution is 8.61. The van der Waals surface area contributed by atoms with Gasteiger partial charge in [0.05, 0.1) is 0 Å². The maximum absolute atomic E-state index is 10.3. The van der Waals surface area contributed by atoms with Gasteiger partial charge >= 0.3 is 17.1 Å². The molecule has 0 aromatic rings. The van der Waals surface area contributed by atoms with Crippen LogP contribution in [0.2, 0.25) is 25.2 Å². The van der Waals surface area contributed by atoms with Gasteiger partial charge in [-0.15, -0.1) is 12.2 Å².